The van der Waals surface area contributed by atoms with Crippen molar-refractivity contribution in [3.63, 3.8) is 0 Å². The third kappa shape index (κ3) is 3.05. The van der Waals surface area contributed by atoms with Crippen molar-refractivity contribution in [2.75, 3.05) is 5.32 Å². The number of carbonyl (C=O) groups excluding carboxylic acids is 2. The molecule has 1 amide bonds. The number of aromatic nitrogens is 3. The maximum atomic E-state index is 12.2. The molecule has 8 heteroatoms. The lowest BCUT2D eigenvalue weighted by Crippen LogP contribution is -2.30. The van der Waals surface area contributed by atoms with E-state index >= 15 is 0 Å². The Hall–Kier alpha value is -3.16. The number of hydrogen-bond donors (Lipinski definition) is 2. The average Bonchev–Trinajstić information content (AvgIpc) is 3.13. The maximum absolute atomic E-state index is 12.2. The van der Waals surface area contributed by atoms with Crippen LogP contribution in [0.1, 0.15) is 23.2 Å². The Morgan fingerprint density at radius 2 is 2.13 bits per heavy atom. The number of benzene rings is 1. The van der Waals surface area contributed by atoms with Gasteiger partial charge in [0.15, 0.2) is 17.6 Å². The summed E-state index contributed by atoms with van der Waals surface area (Å²) in [5.41, 5.74) is 0.854. The fourth-order valence-electron chi connectivity index (χ4n) is 2.04. The number of para-hydroxylation sites is 1. The Bertz CT molecular complexity index is 867. The van der Waals surface area contributed by atoms with E-state index in [4.69, 9.17) is 9.26 Å². The van der Waals surface area contributed by atoms with Gasteiger partial charge in [-0.1, -0.05) is 23.4 Å². The largest absolute Gasteiger partial charge is 0.448 e. The van der Waals surface area contributed by atoms with Crippen LogP contribution >= 0.6 is 0 Å². The van der Waals surface area contributed by atoms with Gasteiger partial charge >= 0.3 is 5.97 Å². The van der Waals surface area contributed by atoms with E-state index in [1.165, 1.54) is 6.92 Å². The number of nitrogens with one attached hydrogen (secondary N) is 2. The summed E-state index contributed by atoms with van der Waals surface area (Å²) in [5.74, 6) is -0.360. The van der Waals surface area contributed by atoms with Crippen LogP contribution in [-0.4, -0.2) is 33.3 Å². The highest BCUT2D eigenvalue weighted by atomic mass is 16.5. The number of hydrogen-bond acceptors (Lipinski definition) is 6. The van der Waals surface area contributed by atoms with Crippen molar-refractivity contribution in [3.05, 3.63) is 41.8 Å². The number of anilines is 1. The number of nitrogens with zero attached hydrogens (tertiary/aromatic N) is 2. The molecule has 0 aliphatic rings. The van der Waals surface area contributed by atoms with E-state index < -0.39 is 18.0 Å². The molecular formula is C15H14N4O4. The predicted octanol–water partition coefficient (Wildman–Crippen LogP) is 2.04. The second-order valence-corrected chi connectivity index (χ2v) is 4.98. The van der Waals surface area contributed by atoms with Gasteiger partial charge in [-0.3, -0.25) is 9.89 Å². The van der Waals surface area contributed by atoms with Crippen LogP contribution in [0.15, 0.2) is 34.9 Å². The van der Waals surface area contributed by atoms with Gasteiger partial charge in [0.25, 0.3) is 5.91 Å². The molecule has 3 aromatic rings. The summed E-state index contributed by atoms with van der Waals surface area (Å²) in [4.78, 5) is 24.2. The van der Waals surface area contributed by atoms with Crippen LogP contribution in [0.2, 0.25) is 0 Å². The van der Waals surface area contributed by atoms with E-state index in [1.54, 1.807) is 31.2 Å². The highest BCUT2D eigenvalue weighted by Gasteiger charge is 2.22. The molecule has 0 spiro atoms. The Morgan fingerprint density at radius 3 is 2.87 bits per heavy atom. The summed E-state index contributed by atoms with van der Waals surface area (Å²) in [6.45, 7) is 3.17. The normalized spacial score (nSPS) is 12.1. The van der Waals surface area contributed by atoms with Crippen molar-refractivity contribution in [3.8, 4) is 0 Å². The summed E-state index contributed by atoms with van der Waals surface area (Å²) in [7, 11) is 0. The number of aryl methyl sites for hydroxylation is 1. The zero-order valence-corrected chi connectivity index (χ0v) is 12.5. The smallest absolute Gasteiger partial charge is 0.360 e. The van der Waals surface area contributed by atoms with Crippen molar-refractivity contribution >= 4 is 28.6 Å². The molecule has 0 aliphatic carbocycles. The second kappa shape index (κ2) is 5.91. The Kier molecular flexibility index (Phi) is 3.80. The molecule has 0 bridgehead atoms. The number of fused-ring (bicyclic) bond motifs is 1. The topological polar surface area (TPSA) is 110 Å². The fourth-order valence-corrected chi connectivity index (χ4v) is 2.04. The molecule has 8 nitrogen and oxygen atoms in total. The first-order valence-electron chi connectivity index (χ1n) is 6.93. The van der Waals surface area contributed by atoms with Crippen LogP contribution in [0.25, 0.3) is 10.9 Å². The van der Waals surface area contributed by atoms with Crippen LogP contribution in [0.5, 0.6) is 0 Å². The number of esters is 1. The Labute approximate surface area is 130 Å². The van der Waals surface area contributed by atoms with E-state index in [2.05, 4.69) is 20.7 Å². The number of rotatable bonds is 4. The fraction of sp³-hybridized carbons (Fsp3) is 0.200. The predicted molar refractivity (Wildman–Crippen MR) is 80.8 cm³/mol. The number of aromatic amines is 1. The van der Waals surface area contributed by atoms with Crippen LogP contribution in [0.4, 0.5) is 5.82 Å². The minimum absolute atomic E-state index is 0.137. The van der Waals surface area contributed by atoms with Gasteiger partial charge in [0, 0.05) is 11.5 Å². The van der Waals surface area contributed by atoms with Gasteiger partial charge in [-0.05, 0) is 19.9 Å². The molecule has 0 radical (unpaired) electrons. The molecule has 0 saturated carbocycles. The van der Waals surface area contributed by atoms with Gasteiger partial charge in [-0.2, -0.15) is 5.10 Å². The number of H-pyrrole nitrogens is 1. The Balaban J connectivity index is 1.68. The standard InChI is InChI=1S/C15H14N4O4/c1-8-7-12(19-23-8)16-14(20)9(2)22-15(21)13-10-5-3-4-6-11(10)17-18-13/h3-7,9H,1-2H3,(H,17,18)(H,16,19,20). The lowest BCUT2D eigenvalue weighted by Gasteiger charge is -2.11. The molecule has 2 heterocycles. The first-order chi connectivity index (χ1) is 11.0. The second-order valence-electron chi connectivity index (χ2n) is 4.98. The zero-order valence-electron chi connectivity index (χ0n) is 12.5. The van der Waals surface area contributed by atoms with E-state index in [9.17, 15) is 9.59 Å². The van der Waals surface area contributed by atoms with E-state index in [-0.39, 0.29) is 11.5 Å². The summed E-state index contributed by atoms with van der Waals surface area (Å²) >= 11 is 0. The molecule has 3 rings (SSSR count). The van der Waals surface area contributed by atoms with Gasteiger partial charge in [-0.25, -0.2) is 4.79 Å². The minimum atomic E-state index is -1.00. The number of ether oxygens (including phenoxy) is 1. The first kappa shape index (κ1) is 14.8. The molecule has 1 atom stereocenters. The maximum Gasteiger partial charge on any atom is 0.360 e. The summed E-state index contributed by atoms with van der Waals surface area (Å²) in [6.07, 6.45) is -1.00. The molecule has 23 heavy (non-hydrogen) atoms. The van der Waals surface area contributed by atoms with Crippen molar-refractivity contribution in [2.45, 2.75) is 20.0 Å². The van der Waals surface area contributed by atoms with Crippen LogP contribution in [-0.2, 0) is 9.53 Å². The highest BCUT2D eigenvalue weighted by Crippen LogP contribution is 2.16. The molecule has 0 aliphatic heterocycles. The molecule has 118 valence electrons. The van der Waals surface area contributed by atoms with Crippen molar-refractivity contribution in [1.29, 1.82) is 0 Å². The van der Waals surface area contributed by atoms with E-state index in [0.717, 1.165) is 5.52 Å². The lowest BCUT2D eigenvalue weighted by atomic mass is 10.2. The molecule has 2 N–H and O–H groups in total. The van der Waals surface area contributed by atoms with Crippen molar-refractivity contribution < 1.29 is 18.8 Å². The van der Waals surface area contributed by atoms with Gasteiger partial charge in [0.1, 0.15) is 5.76 Å². The molecule has 0 saturated heterocycles. The zero-order chi connectivity index (χ0) is 16.4. The van der Waals surface area contributed by atoms with E-state index in [1.807, 2.05) is 6.07 Å². The third-order valence-corrected chi connectivity index (χ3v) is 3.20. The van der Waals surface area contributed by atoms with Crippen LogP contribution in [0.3, 0.4) is 0 Å². The lowest BCUT2D eigenvalue weighted by molar-refractivity contribution is -0.123. The highest BCUT2D eigenvalue weighted by molar-refractivity contribution is 6.03. The monoisotopic (exact) mass is 314 g/mol. The van der Waals surface area contributed by atoms with Crippen molar-refractivity contribution in [2.24, 2.45) is 0 Å². The van der Waals surface area contributed by atoms with E-state index in [0.29, 0.717) is 11.1 Å². The molecule has 2 aromatic heterocycles. The molecule has 1 aromatic carbocycles. The summed E-state index contributed by atoms with van der Waals surface area (Å²) in [5, 5.41) is 13.5. The third-order valence-electron chi connectivity index (χ3n) is 3.20. The van der Waals surface area contributed by atoms with Gasteiger partial charge < -0.3 is 14.6 Å². The van der Waals surface area contributed by atoms with Gasteiger partial charge in [-0.15, -0.1) is 0 Å². The van der Waals surface area contributed by atoms with Crippen molar-refractivity contribution in [1.82, 2.24) is 15.4 Å². The quantitative estimate of drug-likeness (QED) is 0.713. The molecular weight excluding hydrogens is 300 g/mol. The number of amides is 1. The minimum Gasteiger partial charge on any atom is -0.448 e. The SMILES string of the molecule is Cc1cc(NC(=O)C(C)OC(=O)c2n[nH]c3ccccc23)no1. The molecule has 0 fully saturated rings. The Morgan fingerprint density at radius 1 is 1.35 bits per heavy atom. The first-order valence-corrected chi connectivity index (χ1v) is 6.93. The molecule has 1 unspecified atom stereocenters. The average molecular weight is 314 g/mol. The number of carbonyl (C=O) groups is 2. The summed E-state index contributed by atoms with van der Waals surface area (Å²) < 4.78 is 10.00. The van der Waals surface area contributed by atoms with Crippen LogP contribution < -0.4 is 5.32 Å². The van der Waals surface area contributed by atoms with Gasteiger partial charge in [0.2, 0.25) is 0 Å². The summed E-state index contributed by atoms with van der Waals surface area (Å²) in [6, 6.07) is 8.72. The van der Waals surface area contributed by atoms with Crippen LogP contribution in [0, 0.1) is 6.92 Å². The van der Waals surface area contributed by atoms with Gasteiger partial charge in [0.05, 0.1) is 5.52 Å².